The number of ether oxygens (including phenoxy) is 2. The summed E-state index contributed by atoms with van der Waals surface area (Å²) in [6.07, 6.45) is 2.62. The maximum Gasteiger partial charge on any atom is 0.227 e. The third-order valence-electron chi connectivity index (χ3n) is 4.26. The van der Waals surface area contributed by atoms with E-state index in [1.807, 2.05) is 40.6 Å². The molecule has 1 fully saturated rings. The van der Waals surface area contributed by atoms with Crippen LogP contribution in [0.5, 0.6) is 5.75 Å². The van der Waals surface area contributed by atoms with Crippen LogP contribution in [0, 0.1) is 0 Å². The van der Waals surface area contributed by atoms with E-state index < -0.39 is 0 Å². The number of rotatable bonds is 7. The van der Waals surface area contributed by atoms with Gasteiger partial charge in [-0.05, 0) is 30.4 Å². The fourth-order valence-corrected chi connectivity index (χ4v) is 3.72. The summed E-state index contributed by atoms with van der Waals surface area (Å²) in [6, 6.07) is 11.8. The maximum absolute atomic E-state index is 12.9. The molecule has 128 valence electrons. The van der Waals surface area contributed by atoms with Crippen molar-refractivity contribution in [2.24, 2.45) is 0 Å². The van der Waals surface area contributed by atoms with Crippen LogP contribution in [0.3, 0.4) is 0 Å². The zero-order chi connectivity index (χ0) is 16.8. The van der Waals surface area contributed by atoms with Crippen LogP contribution in [0.2, 0.25) is 0 Å². The summed E-state index contributed by atoms with van der Waals surface area (Å²) in [4.78, 5) is 16.0. The van der Waals surface area contributed by atoms with E-state index in [4.69, 9.17) is 9.47 Å². The SMILES string of the molecule is COc1ccccc1CC(=O)N(Cc1cccs1)CC1CCCO1. The minimum Gasteiger partial charge on any atom is -0.496 e. The van der Waals surface area contributed by atoms with Gasteiger partial charge in [-0.2, -0.15) is 0 Å². The number of hydrogen-bond donors (Lipinski definition) is 0. The molecule has 3 rings (SSSR count). The van der Waals surface area contributed by atoms with Crippen molar-refractivity contribution in [3.63, 3.8) is 0 Å². The van der Waals surface area contributed by atoms with Gasteiger partial charge in [0.05, 0.1) is 26.2 Å². The third-order valence-corrected chi connectivity index (χ3v) is 5.12. The Balaban J connectivity index is 1.71. The summed E-state index contributed by atoms with van der Waals surface area (Å²) in [5.74, 6) is 0.877. The molecular formula is C19H23NO3S. The zero-order valence-electron chi connectivity index (χ0n) is 13.9. The van der Waals surface area contributed by atoms with E-state index in [2.05, 4.69) is 6.07 Å². The lowest BCUT2D eigenvalue weighted by molar-refractivity contribution is -0.132. The van der Waals surface area contributed by atoms with Crippen molar-refractivity contribution < 1.29 is 14.3 Å². The average Bonchev–Trinajstić information content (AvgIpc) is 3.28. The van der Waals surface area contributed by atoms with Gasteiger partial charge in [-0.3, -0.25) is 4.79 Å². The lowest BCUT2D eigenvalue weighted by Gasteiger charge is -2.25. The van der Waals surface area contributed by atoms with Crippen LogP contribution in [-0.4, -0.2) is 37.2 Å². The second-order valence-corrected chi connectivity index (χ2v) is 7.01. The number of nitrogens with zero attached hydrogens (tertiary/aromatic N) is 1. The molecule has 24 heavy (non-hydrogen) atoms. The number of carbonyl (C=O) groups is 1. The summed E-state index contributed by atoms with van der Waals surface area (Å²) in [5, 5.41) is 2.05. The Morgan fingerprint density at radius 2 is 2.21 bits per heavy atom. The van der Waals surface area contributed by atoms with Crippen LogP contribution >= 0.6 is 11.3 Å². The molecule has 2 aromatic rings. The number of carbonyl (C=O) groups excluding carboxylic acids is 1. The smallest absolute Gasteiger partial charge is 0.227 e. The largest absolute Gasteiger partial charge is 0.496 e. The maximum atomic E-state index is 12.9. The van der Waals surface area contributed by atoms with Gasteiger partial charge >= 0.3 is 0 Å². The molecule has 4 nitrogen and oxygen atoms in total. The first-order chi connectivity index (χ1) is 11.8. The molecule has 0 saturated carbocycles. The van der Waals surface area contributed by atoms with Gasteiger partial charge in [0.15, 0.2) is 0 Å². The second kappa shape index (κ2) is 8.31. The van der Waals surface area contributed by atoms with E-state index in [0.29, 0.717) is 19.5 Å². The predicted octanol–water partition coefficient (Wildman–Crippen LogP) is 3.51. The number of methoxy groups -OCH3 is 1. The Bertz CT molecular complexity index is 650. The Labute approximate surface area is 147 Å². The quantitative estimate of drug-likeness (QED) is 0.771. The molecule has 1 aromatic carbocycles. The molecular weight excluding hydrogens is 322 g/mol. The lowest BCUT2D eigenvalue weighted by Crippen LogP contribution is -2.37. The van der Waals surface area contributed by atoms with E-state index in [9.17, 15) is 4.79 Å². The highest BCUT2D eigenvalue weighted by Gasteiger charge is 2.23. The Kier molecular flexibility index (Phi) is 5.88. The van der Waals surface area contributed by atoms with Gasteiger partial charge in [0.2, 0.25) is 5.91 Å². The van der Waals surface area contributed by atoms with Gasteiger partial charge < -0.3 is 14.4 Å². The Morgan fingerprint density at radius 1 is 1.33 bits per heavy atom. The molecule has 1 amide bonds. The van der Waals surface area contributed by atoms with Gasteiger partial charge in [0, 0.05) is 23.6 Å². The molecule has 0 radical (unpaired) electrons. The van der Waals surface area contributed by atoms with Crippen LogP contribution in [0.15, 0.2) is 41.8 Å². The predicted molar refractivity (Wildman–Crippen MR) is 95.4 cm³/mol. The Hall–Kier alpha value is -1.85. The highest BCUT2D eigenvalue weighted by Crippen LogP contribution is 2.21. The first kappa shape index (κ1) is 17.0. The molecule has 0 aliphatic carbocycles. The highest BCUT2D eigenvalue weighted by molar-refractivity contribution is 7.09. The summed E-state index contributed by atoms with van der Waals surface area (Å²) in [5.41, 5.74) is 0.925. The van der Waals surface area contributed by atoms with Crippen molar-refractivity contribution in [1.29, 1.82) is 0 Å². The van der Waals surface area contributed by atoms with Crippen LogP contribution in [0.4, 0.5) is 0 Å². The minimum atomic E-state index is 0.114. The van der Waals surface area contributed by atoms with Crippen molar-refractivity contribution in [3.05, 3.63) is 52.2 Å². The number of thiophene rings is 1. The van der Waals surface area contributed by atoms with Crippen LogP contribution in [0.25, 0.3) is 0 Å². The summed E-state index contributed by atoms with van der Waals surface area (Å²) >= 11 is 1.68. The lowest BCUT2D eigenvalue weighted by atomic mass is 10.1. The molecule has 1 atom stereocenters. The number of hydrogen-bond acceptors (Lipinski definition) is 4. The number of benzene rings is 1. The fraction of sp³-hybridized carbons (Fsp3) is 0.421. The van der Waals surface area contributed by atoms with E-state index in [0.717, 1.165) is 30.8 Å². The highest BCUT2D eigenvalue weighted by atomic mass is 32.1. The number of para-hydroxylation sites is 1. The monoisotopic (exact) mass is 345 g/mol. The van der Waals surface area contributed by atoms with Crippen molar-refractivity contribution in [3.8, 4) is 5.75 Å². The van der Waals surface area contributed by atoms with Crippen molar-refractivity contribution in [2.75, 3.05) is 20.3 Å². The van der Waals surface area contributed by atoms with Crippen molar-refractivity contribution in [2.45, 2.75) is 31.9 Å². The van der Waals surface area contributed by atoms with E-state index >= 15 is 0 Å². The van der Waals surface area contributed by atoms with Gasteiger partial charge in [-0.25, -0.2) is 0 Å². The molecule has 5 heteroatoms. The molecule has 0 N–H and O–H groups in total. The van der Waals surface area contributed by atoms with E-state index in [1.54, 1.807) is 18.4 Å². The standard InChI is InChI=1S/C19H23NO3S/c1-22-18-9-3-2-6-15(18)12-19(21)20(13-16-7-4-10-23-16)14-17-8-5-11-24-17/h2-3,5-6,8-9,11,16H,4,7,10,12-14H2,1H3. The fourth-order valence-electron chi connectivity index (χ4n) is 3.00. The van der Waals surface area contributed by atoms with Crippen LogP contribution < -0.4 is 4.74 Å². The van der Waals surface area contributed by atoms with Gasteiger partial charge in [-0.1, -0.05) is 24.3 Å². The molecule has 0 bridgehead atoms. The van der Waals surface area contributed by atoms with Crippen LogP contribution in [0.1, 0.15) is 23.3 Å². The van der Waals surface area contributed by atoms with Gasteiger partial charge in [0.25, 0.3) is 0 Å². The first-order valence-electron chi connectivity index (χ1n) is 8.30. The molecule has 1 saturated heterocycles. The van der Waals surface area contributed by atoms with Gasteiger partial charge in [0.1, 0.15) is 5.75 Å². The van der Waals surface area contributed by atoms with Gasteiger partial charge in [-0.15, -0.1) is 11.3 Å². The van der Waals surface area contributed by atoms with E-state index in [1.165, 1.54) is 4.88 Å². The normalized spacial score (nSPS) is 17.0. The third kappa shape index (κ3) is 4.36. The van der Waals surface area contributed by atoms with Crippen molar-refractivity contribution >= 4 is 17.2 Å². The zero-order valence-corrected chi connectivity index (χ0v) is 14.8. The summed E-state index contributed by atoms with van der Waals surface area (Å²) in [7, 11) is 1.64. The molecule has 1 aliphatic rings. The topological polar surface area (TPSA) is 38.8 Å². The molecule has 1 aliphatic heterocycles. The van der Waals surface area contributed by atoms with Crippen LogP contribution in [-0.2, 0) is 22.5 Å². The summed E-state index contributed by atoms with van der Waals surface area (Å²) in [6.45, 7) is 2.11. The first-order valence-corrected chi connectivity index (χ1v) is 9.18. The molecule has 2 heterocycles. The molecule has 1 aromatic heterocycles. The average molecular weight is 345 g/mol. The number of amides is 1. The molecule has 1 unspecified atom stereocenters. The summed E-state index contributed by atoms with van der Waals surface area (Å²) < 4.78 is 11.1. The van der Waals surface area contributed by atoms with E-state index in [-0.39, 0.29) is 12.0 Å². The Morgan fingerprint density at radius 3 is 2.92 bits per heavy atom. The molecule has 0 spiro atoms. The second-order valence-electron chi connectivity index (χ2n) is 5.98. The van der Waals surface area contributed by atoms with Crippen molar-refractivity contribution in [1.82, 2.24) is 4.90 Å². The minimum absolute atomic E-state index is 0.114.